The Labute approximate surface area is 181 Å². The fourth-order valence-corrected chi connectivity index (χ4v) is 4.23. The van der Waals surface area contributed by atoms with E-state index in [2.05, 4.69) is 45.9 Å². The third-order valence-corrected chi connectivity index (χ3v) is 5.67. The zero-order chi connectivity index (χ0) is 22.2. The number of nitrogens with one attached hydrogen (secondary N) is 2. The Morgan fingerprint density at radius 2 is 2.23 bits per heavy atom. The standard InChI is InChI=1S/C22H28FN7O/c1-5-24-19-12-16(23)17(13-28(19)4)27-21(31)30-10-7-15-18(6-8-25-20(15)30)29-11-9-26-22(2,3)14-29/h5-6,8,12-13,26H,1,7,9-11,14H2,2-4H3,(H,27,31). The molecule has 0 bridgehead atoms. The van der Waals surface area contributed by atoms with Crippen molar-refractivity contribution in [1.29, 1.82) is 0 Å². The molecule has 2 aliphatic heterocycles. The second-order valence-corrected chi connectivity index (χ2v) is 8.51. The molecule has 2 aliphatic rings. The van der Waals surface area contributed by atoms with Gasteiger partial charge in [-0.2, -0.15) is 0 Å². The maximum absolute atomic E-state index is 14.5. The number of fused-ring (bicyclic) bond motifs is 1. The molecule has 0 aromatic carbocycles. The Morgan fingerprint density at radius 1 is 1.42 bits per heavy atom. The van der Waals surface area contributed by atoms with Crippen molar-refractivity contribution in [2.45, 2.75) is 25.8 Å². The van der Waals surface area contributed by atoms with Crippen LogP contribution in [-0.2, 0) is 13.5 Å². The lowest BCUT2D eigenvalue weighted by Gasteiger charge is -2.41. The van der Waals surface area contributed by atoms with Crippen LogP contribution in [-0.4, -0.2) is 47.3 Å². The molecule has 0 aliphatic carbocycles. The lowest BCUT2D eigenvalue weighted by atomic mass is 10.0. The van der Waals surface area contributed by atoms with Gasteiger partial charge in [-0.15, -0.1) is 0 Å². The average Bonchev–Trinajstić information content (AvgIpc) is 3.15. The van der Waals surface area contributed by atoms with E-state index in [0.29, 0.717) is 24.3 Å². The van der Waals surface area contributed by atoms with Gasteiger partial charge in [-0.25, -0.2) is 19.2 Å². The number of hydrogen-bond acceptors (Lipinski definition) is 5. The molecule has 9 heteroatoms. The first-order valence-electron chi connectivity index (χ1n) is 10.4. The summed E-state index contributed by atoms with van der Waals surface area (Å²) in [5, 5.41) is 6.20. The van der Waals surface area contributed by atoms with Gasteiger partial charge >= 0.3 is 6.03 Å². The highest BCUT2D eigenvalue weighted by Crippen LogP contribution is 2.35. The Morgan fingerprint density at radius 3 is 2.97 bits per heavy atom. The minimum Gasteiger partial charge on any atom is -0.368 e. The molecule has 8 nitrogen and oxygen atoms in total. The lowest BCUT2D eigenvalue weighted by molar-refractivity contribution is 0.257. The number of urea groups is 1. The van der Waals surface area contributed by atoms with Crippen molar-refractivity contribution in [3.8, 4) is 0 Å². The Hall–Kier alpha value is -3.20. The summed E-state index contributed by atoms with van der Waals surface area (Å²) in [4.78, 5) is 25.4. The van der Waals surface area contributed by atoms with Crippen molar-refractivity contribution in [1.82, 2.24) is 14.9 Å². The van der Waals surface area contributed by atoms with Crippen molar-refractivity contribution in [3.63, 3.8) is 0 Å². The summed E-state index contributed by atoms with van der Waals surface area (Å²) in [6, 6.07) is 2.87. The van der Waals surface area contributed by atoms with Crippen LogP contribution in [0, 0.1) is 5.82 Å². The number of aromatic nitrogens is 2. The maximum atomic E-state index is 14.5. The van der Waals surface area contributed by atoms with Crippen molar-refractivity contribution >= 4 is 23.2 Å². The van der Waals surface area contributed by atoms with E-state index in [0.717, 1.165) is 30.9 Å². The Balaban J connectivity index is 1.58. The summed E-state index contributed by atoms with van der Waals surface area (Å²) < 4.78 is 16.1. The highest BCUT2D eigenvalue weighted by Gasteiger charge is 2.32. The second kappa shape index (κ2) is 8.14. The number of aryl methyl sites for hydroxylation is 1. The molecule has 0 unspecified atom stereocenters. The van der Waals surface area contributed by atoms with Crippen molar-refractivity contribution in [2.75, 3.05) is 41.3 Å². The molecule has 0 radical (unpaired) electrons. The quantitative estimate of drug-likeness (QED) is 0.792. The molecule has 0 spiro atoms. The van der Waals surface area contributed by atoms with Gasteiger partial charge in [0.1, 0.15) is 11.3 Å². The van der Waals surface area contributed by atoms with Crippen molar-refractivity contribution < 1.29 is 9.18 Å². The van der Waals surface area contributed by atoms with E-state index in [1.54, 1.807) is 22.7 Å². The number of pyridine rings is 2. The monoisotopic (exact) mass is 425 g/mol. The molecule has 31 heavy (non-hydrogen) atoms. The molecule has 2 aromatic rings. The van der Waals surface area contributed by atoms with Crippen LogP contribution in [0.25, 0.3) is 0 Å². The average molecular weight is 426 g/mol. The normalized spacial score (nSPS) is 18.1. The molecular formula is C22H28FN7O. The fraction of sp³-hybridized carbons (Fsp3) is 0.409. The first kappa shape index (κ1) is 21.0. The number of piperazine rings is 1. The molecule has 4 rings (SSSR count). The number of anilines is 3. The molecule has 0 saturated carbocycles. The number of nitrogens with zero attached hydrogens (tertiary/aromatic N) is 5. The first-order chi connectivity index (χ1) is 14.8. The summed E-state index contributed by atoms with van der Waals surface area (Å²) in [7, 11) is 1.73. The summed E-state index contributed by atoms with van der Waals surface area (Å²) in [6.45, 7) is 11.1. The molecule has 4 heterocycles. The van der Waals surface area contributed by atoms with Crippen LogP contribution >= 0.6 is 0 Å². The van der Waals surface area contributed by atoms with Crippen LogP contribution in [0.1, 0.15) is 19.4 Å². The topological polar surface area (TPSA) is 77.8 Å². The van der Waals surface area contributed by atoms with Gasteiger partial charge in [-0.05, 0) is 26.3 Å². The van der Waals surface area contributed by atoms with Gasteiger partial charge < -0.3 is 20.1 Å². The third-order valence-electron chi connectivity index (χ3n) is 5.67. The van der Waals surface area contributed by atoms with Gasteiger partial charge in [0.15, 0.2) is 5.82 Å². The summed E-state index contributed by atoms with van der Waals surface area (Å²) >= 11 is 0. The van der Waals surface area contributed by atoms with Crippen LogP contribution in [0.3, 0.4) is 0 Å². The predicted octanol–water partition coefficient (Wildman–Crippen LogP) is 2.39. The summed E-state index contributed by atoms with van der Waals surface area (Å²) in [6.07, 6.45) is 5.29. The molecule has 1 saturated heterocycles. The number of carbonyl (C=O) groups excluding carboxylic acids is 1. The molecule has 1 fully saturated rings. The lowest BCUT2D eigenvalue weighted by Crippen LogP contribution is -2.57. The largest absolute Gasteiger partial charge is 0.368 e. The van der Waals surface area contributed by atoms with Crippen LogP contribution in [0.4, 0.5) is 26.4 Å². The zero-order valence-corrected chi connectivity index (χ0v) is 18.2. The minimum atomic E-state index is -0.559. The van der Waals surface area contributed by atoms with Gasteiger partial charge in [0.25, 0.3) is 0 Å². The van der Waals surface area contributed by atoms with E-state index in [1.807, 2.05) is 6.07 Å². The molecule has 0 atom stereocenters. The van der Waals surface area contributed by atoms with Crippen LogP contribution in [0.2, 0.25) is 0 Å². The van der Waals surface area contributed by atoms with Gasteiger partial charge in [-0.3, -0.25) is 4.90 Å². The zero-order valence-electron chi connectivity index (χ0n) is 18.2. The molecular weight excluding hydrogens is 397 g/mol. The minimum absolute atomic E-state index is 0.0150. The number of halogens is 1. The van der Waals surface area contributed by atoms with E-state index >= 15 is 0 Å². The molecule has 2 N–H and O–H groups in total. The number of carbonyl (C=O) groups is 1. The van der Waals surface area contributed by atoms with Crippen LogP contribution < -0.4 is 25.9 Å². The number of amides is 2. The fourth-order valence-electron chi connectivity index (χ4n) is 4.23. The van der Waals surface area contributed by atoms with Crippen LogP contribution in [0.15, 0.2) is 42.3 Å². The Kier molecular flexibility index (Phi) is 5.53. The SMILES string of the molecule is C=CN=c1cc(F)c(NC(=O)N2CCc3c(N4CCNC(C)(C)C4)ccnc32)cn1C. The second-order valence-electron chi connectivity index (χ2n) is 8.51. The van der Waals surface area contributed by atoms with Gasteiger partial charge in [-0.1, -0.05) is 6.58 Å². The number of rotatable bonds is 3. The Bertz CT molecular complexity index is 1090. The molecule has 164 valence electrons. The maximum Gasteiger partial charge on any atom is 0.327 e. The number of hydrogen-bond donors (Lipinski definition) is 2. The van der Waals surface area contributed by atoms with Crippen molar-refractivity contribution in [3.05, 3.63) is 54.2 Å². The van der Waals surface area contributed by atoms with Gasteiger partial charge in [0.2, 0.25) is 0 Å². The summed E-state index contributed by atoms with van der Waals surface area (Å²) in [5.74, 6) is 0.0747. The third kappa shape index (κ3) is 4.18. The van der Waals surface area contributed by atoms with Gasteiger partial charge in [0.05, 0.1) is 5.69 Å². The van der Waals surface area contributed by atoms with Gasteiger partial charge in [0, 0.05) is 74.7 Å². The smallest absolute Gasteiger partial charge is 0.327 e. The van der Waals surface area contributed by atoms with E-state index in [1.165, 1.54) is 18.5 Å². The van der Waals surface area contributed by atoms with Crippen LogP contribution in [0.5, 0.6) is 0 Å². The van der Waals surface area contributed by atoms with E-state index in [9.17, 15) is 9.18 Å². The van der Waals surface area contributed by atoms with E-state index in [-0.39, 0.29) is 11.2 Å². The highest BCUT2D eigenvalue weighted by molar-refractivity contribution is 6.03. The first-order valence-corrected chi connectivity index (χ1v) is 10.4. The van der Waals surface area contributed by atoms with Crippen molar-refractivity contribution in [2.24, 2.45) is 12.0 Å². The van der Waals surface area contributed by atoms with E-state index < -0.39 is 11.8 Å². The van der Waals surface area contributed by atoms with E-state index in [4.69, 9.17) is 0 Å². The molecule has 2 aromatic heterocycles. The highest BCUT2D eigenvalue weighted by atomic mass is 19.1. The molecule has 2 amide bonds. The summed E-state index contributed by atoms with van der Waals surface area (Å²) in [5.41, 5.74) is 2.68. The predicted molar refractivity (Wildman–Crippen MR) is 120 cm³/mol.